The van der Waals surface area contributed by atoms with E-state index in [9.17, 15) is 14.7 Å². The quantitative estimate of drug-likeness (QED) is 0.878. The summed E-state index contributed by atoms with van der Waals surface area (Å²) in [4.78, 5) is 23.5. The van der Waals surface area contributed by atoms with Gasteiger partial charge in [-0.25, -0.2) is 4.79 Å². The summed E-state index contributed by atoms with van der Waals surface area (Å²) >= 11 is 0. The molecule has 0 saturated carbocycles. The Labute approximate surface area is 121 Å². The van der Waals surface area contributed by atoms with Crippen LogP contribution in [0.2, 0.25) is 0 Å². The smallest absolute Gasteiger partial charge is 0.407 e. The number of carboxylic acid groups (broad SMARTS) is 2. The van der Waals surface area contributed by atoms with Gasteiger partial charge >= 0.3 is 12.1 Å². The van der Waals surface area contributed by atoms with Crippen LogP contribution in [0.5, 0.6) is 11.5 Å². The normalized spacial score (nSPS) is 17.0. The van der Waals surface area contributed by atoms with E-state index < -0.39 is 18.1 Å². The molecule has 2 rings (SSSR count). The second-order valence-corrected chi connectivity index (χ2v) is 4.75. The minimum atomic E-state index is -1.12. The monoisotopic (exact) mass is 295 g/mol. The van der Waals surface area contributed by atoms with Gasteiger partial charge in [0.05, 0.1) is 26.7 Å². The lowest BCUT2D eigenvalue weighted by molar-refractivity contribution is -0.138. The molecule has 0 aromatic heterocycles. The number of nitrogens with zero attached hydrogens (tertiary/aromatic N) is 1. The standard InChI is InChI=1S/C14H17NO6/c1-20-11-5-8-3-4-15(14(18)19)10(7-13(16)17)9(8)6-12(11)21-2/h5-6,10H,3-4,7H2,1-2H3,(H,16,17)(H,18,19). The molecule has 0 spiro atoms. The Kier molecular flexibility index (Phi) is 4.21. The van der Waals surface area contributed by atoms with Crippen molar-refractivity contribution in [3.05, 3.63) is 23.3 Å². The van der Waals surface area contributed by atoms with Crippen molar-refractivity contribution in [2.24, 2.45) is 0 Å². The van der Waals surface area contributed by atoms with Crippen LogP contribution in [0.3, 0.4) is 0 Å². The van der Waals surface area contributed by atoms with E-state index in [4.69, 9.17) is 14.6 Å². The molecule has 114 valence electrons. The first-order valence-corrected chi connectivity index (χ1v) is 6.44. The summed E-state index contributed by atoms with van der Waals surface area (Å²) in [5.74, 6) is -0.0399. The maximum absolute atomic E-state index is 11.3. The third-order valence-corrected chi connectivity index (χ3v) is 3.62. The van der Waals surface area contributed by atoms with Gasteiger partial charge in [-0.2, -0.15) is 0 Å². The van der Waals surface area contributed by atoms with Gasteiger partial charge in [0.2, 0.25) is 0 Å². The van der Waals surface area contributed by atoms with E-state index in [0.717, 1.165) is 10.5 Å². The lowest BCUT2D eigenvalue weighted by atomic mass is 9.90. The predicted octanol–water partition coefficient (Wildman–Crippen LogP) is 1.76. The minimum Gasteiger partial charge on any atom is -0.493 e. The first-order valence-electron chi connectivity index (χ1n) is 6.44. The van der Waals surface area contributed by atoms with Gasteiger partial charge in [-0.1, -0.05) is 0 Å². The molecule has 21 heavy (non-hydrogen) atoms. The summed E-state index contributed by atoms with van der Waals surface area (Å²) in [6.07, 6.45) is -0.894. The van der Waals surface area contributed by atoms with Crippen LogP contribution in [0.15, 0.2) is 12.1 Å². The zero-order valence-corrected chi connectivity index (χ0v) is 11.8. The molecule has 1 unspecified atom stereocenters. The highest BCUT2D eigenvalue weighted by Gasteiger charge is 2.33. The van der Waals surface area contributed by atoms with Crippen molar-refractivity contribution < 1.29 is 29.3 Å². The molecule has 1 aliphatic heterocycles. The van der Waals surface area contributed by atoms with Crippen LogP contribution < -0.4 is 9.47 Å². The number of hydrogen-bond acceptors (Lipinski definition) is 4. The topological polar surface area (TPSA) is 96.3 Å². The Bertz CT molecular complexity index is 571. The van der Waals surface area contributed by atoms with Gasteiger partial charge in [0.15, 0.2) is 11.5 Å². The Hall–Kier alpha value is -2.44. The molecule has 1 aromatic rings. The second-order valence-electron chi connectivity index (χ2n) is 4.75. The molecule has 7 nitrogen and oxygen atoms in total. The van der Waals surface area contributed by atoms with Crippen molar-refractivity contribution in [3.8, 4) is 11.5 Å². The number of carboxylic acids is 1. The van der Waals surface area contributed by atoms with Crippen molar-refractivity contribution in [2.75, 3.05) is 20.8 Å². The number of benzene rings is 1. The van der Waals surface area contributed by atoms with Crippen molar-refractivity contribution in [1.82, 2.24) is 4.90 Å². The van der Waals surface area contributed by atoms with Crippen molar-refractivity contribution in [3.63, 3.8) is 0 Å². The summed E-state index contributed by atoms with van der Waals surface area (Å²) < 4.78 is 10.4. The van der Waals surface area contributed by atoms with E-state index in [1.165, 1.54) is 14.2 Å². The minimum absolute atomic E-state index is 0.260. The number of methoxy groups -OCH3 is 2. The average Bonchev–Trinajstić information content (AvgIpc) is 2.45. The molecule has 1 amide bonds. The van der Waals surface area contributed by atoms with Crippen LogP contribution in [0.25, 0.3) is 0 Å². The van der Waals surface area contributed by atoms with Gasteiger partial charge in [0.25, 0.3) is 0 Å². The van der Waals surface area contributed by atoms with Gasteiger partial charge < -0.3 is 24.6 Å². The summed E-state index contributed by atoms with van der Waals surface area (Å²) in [6, 6.07) is 2.72. The lowest BCUT2D eigenvalue weighted by Gasteiger charge is -2.35. The molecule has 2 N–H and O–H groups in total. The number of carbonyl (C=O) groups is 2. The highest BCUT2D eigenvalue weighted by molar-refractivity contribution is 5.72. The summed E-state index contributed by atoms with van der Waals surface area (Å²) in [5.41, 5.74) is 1.54. The summed E-state index contributed by atoms with van der Waals surface area (Å²) in [6.45, 7) is 0.260. The van der Waals surface area contributed by atoms with Gasteiger partial charge in [0.1, 0.15) is 0 Å². The Morgan fingerprint density at radius 3 is 2.38 bits per heavy atom. The number of hydrogen-bond donors (Lipinski definition) is 2. The third kappa shape index (κ3) is 2.86. The summed E-state index contributed by atoms with van der Waals surface area (Å²) in [7, 11) is 3.00. The molecule has 0 bridgehead atoms. The van der Waals surface area contributed by atoms with E-state index in [-0.39, 0.29) is 13.0 Å². The Balaban J connectivity index is 2.51. The SMILES string of the molecule is COc1cc2c(cc1OC)C(CC(=O)O)N(C(=O)O)CC2. The van der Waals surface area contributed by atoms with Crippen LogP contribution in [0.1, 0.15) is 23.6 Å². The number of fused-ring (bicyclic) bond motifs is 1. The maximum Gasteiger partial charge on any atom is 0.407 e. The molecule has 0 aliphatic carbocycles. The maximum atomic E-state index is 11.3. The second kappa shape index (κ2) is 5.90. The predicted molar refractivity (Wildman–Crippen MR) is 73.0 cm³/mol. The lowest BCUT2D eigenvalue weighted by Crippen LogP contribution is -2.40. The van der Waals surface area contributed by atoms with Crippen LogP contribution >= 0.6 is 0 Å². The van der Waals surface area contributed by atoms with Crippen LogP contribution in [-0.2, 0) is 11.2 Å². The van der Waals surface area contributed by atoms with Crippen LogP contribution in [0, 0.1) is 0 Å². The van der Waals surface area contributed by atoms with E-state index >= 15 is 0 Å². The number of amides is 1. The average molecular weight is 295 g/mol. The van der Waals surface area contributed by atoms with Crippen LogP contribution in [-0.4, -0.2) is 47.9 Å². The summed E-state index contributed by atoms with van der Waals surface area (Å²) in [5, 5.41) is 18.3. The van der Waals surface area contributed by atoms with Crippen molar-refractivity contribution in [1.29, 1.82) is 0 Å². The largest absolute Gasteiger partial charge is 0.493 e. The Morgan fingerprint density at radius 2 is 1.86 bits per heavy atom. The van der Waals surface area contributed by atoms with E-state index in [1.54, 1.807) is 12.1 Å². The molecule has 1 aromatic carbocycles. The third-order valence-electron chi connectivity index (χ3n) is 3.62. The molecule has 0 radical (unpaired) electrons. The van der Waals surface area contributed by atoms with Gasteiger partial charge in [-0.05, 0) is 29.7 Å². The first kappa shape index (κ1) is 15.0. The molecule has 1 atom stereocenters. The zero-order chi connectivity index (χ0) is 15.6. The fourth-order valence-electron chi connectivity index (χ4n) is 2.64. The van der Waals surface area contributed by atoms with Crippen molar-refractivity contribution >= 4 is 12.1 Å². The van der Waals surface area contributed by atoms with Gasteiger partial charge in [0, 0.05) is 6.54 Å². The molecule has 0 saturated heterocycles. The van der Waals surface area contributed by atoms with Gasteiger partial charge in [-0.15, -0.1) is 0 Å². The zero-order valence-electron chi connectivity index (χ0n) is 11.8. The first-order chi connectivity index (χ1) is 9.97. The number of rotatable bonds is 4. The van der Waals surface area contributed by atoms with E-state index in [1.807, 2.05) is 0 Å². The molecule has 7 heteroatoms. The number of aliphatic carboxylic acids is 1. The number of ether oxygens (including phenoxy) is 2. The molecule has 1 aliphatic rings. The Morgan fingerprint density at radius 1 is 1.24 bits per heavy atom. The van der Waals surface area contributed by atoms with Crippen LogP contribution in [0.4, 0.5) is 4.79 Å². The molecule has 0 fully saturated rings. The van der Waals surface area contributed by atoms with E-state index in [0.29, 0.717) is 23.5 Å². The van der Waals surface area contributed by atoms with E-state index in [2.05, 4.69) is 0 Å². The highest BCUT2D eigenvalue weighted by atomic mass is 16.5. The fourth-order valence-corrected chi connectivity index (χ4v) is 2.64. The van der Waals surface area contributed by atoms with Crippen molar-refractivity contribution in [2.45, 2.75) is 18.9 Å². The van der Waals surface area contributed by atoms with Gasteiger partial charge in [-0.3, -0.25) is 4.79 Å². The fraction of sp³-hybridized carbons (Fsp3) is 0.429. The highest BCUT2D eigenvalue weighted by Crippen LogP contribution is 2.39. The molecular formula is C14H17NO6. The molecule has 1 heterocycles. The molecular weight excluding hydrogens is 278 g/mol.